The Balaban J connectivity index is 1.95. The highest BCUT2D eigenvalue weighted by Crippen LogP contribution is 2.13. The van der Waals surface area contributed by atoms with Gasteiger partial charge in [0.25, 0.3) is 0 Å². The van der Waals surface area contributed by atoms with Crippen LogP contribution >= 0.6 is 0 Å². The largest absolute Gasteiger partial charge is 0.444 e. The lowest BCUT2D eigenvalue weighted by Gasteiger charge is -2.34. The maximum atomic E-state index is 11.2. The molecule has 1 atom stereocenters. The van der Waals surface area contributed by atoms with Gasteiger partial charge in [0.15, 0.2) is 0 Å². The summed E-state index contributed by atoms with van der Waals surface area (Å²) in [4.78, 5) is 16.9. The van der Waals surface area contributed by atoms with E-state index in [9.17, 15) is 4.79 Å². The quantitative estimate of drug-likeness (QED) is 0.684. The summed E-state index contributed by atoms with van der Waals surface area (Å²) in [5.74, 6) is 1.40. The monoisotopic (exact) mass is 195 g/mol. The first-order valence-electron chi connectivity index (χ1n) is 4.68. The van der Waals surface area contributed by atoms with Crippen LogP contribution in [0.5, 0.6) is 0 Å². The van der Waals surface area contributed by atoms with Crippen molar-refractivity contribution in [3.8, 4) is 0 Å². The summed E-state index contributed by atoms with van der Waals surface area (Å²) in [7, 11) is 0. The van der Waals surface area contributed by atoms with Gasteiger partial charge >= 0.3 is 0 Å². The van der Waals surface area contributed by atoms with E-state index in [1.54, 1.807) is 11.1 Å². The van der Waals surface area contributed by atoms with E-state index < -0.39 is 0 Å². The van der Waals surface area contributed by atoms with Crippen molar-refractivity contribution in [2.45, 2.75) is 25.9 Å². The molecule has 1 aromatic rings. The molecule has 14 heavy (non-hydrogen) atoms. The minimum Gasteiger partial charge on any atom is -0.444 e. The Morgan fingerprint density at radius 2 is 2.57 bits per heavy atom. The van der Waals surface area contributed by atoms with Crippen molar-refractivity contribution in [3.63, 3.8) is 0 Å². The van der Waals surface area contributed by atoms with Crippen LogP contribution in [0.4, 0.5) is 0 Å². The van der Waals surface area contributed by atoms with Crippen molar-refractivity contribution in [3.05, 3.63) is 17.8 Å². The van der Waals surface area contributed by atoms with E-state index in [4.69, 9.17) is 10.2 Å². The zero-order valence-corrected chi connectivity index (χ0v) is 8.06. The molecule has 0 bridgehead atoms. The van der Waals surface area contributed by atoms with Gasteiger partial charge in [-0.1, -0.05) is 6.92 Å². The van der Waals surface area contributed by atoms with Gasteiger partial charge in [-0.2, -0.15) is 0 Å². The molecule has 1 fully saturated rings. The highest BCUT2D eigenvalue weighted by atomic mass is 16.4. The summed E-state index contributed by atoms with van der Waals surface area (Å²) >= 11 is 0. The zero-order chi connectivity index (χ0) is 10.1. The molecule has 2 N–H and O–H groups in total. The molecule has 1 saturated heterocycles. The highest BCUT2D eigenvalue weighted by Gasteiger charge is 2.34. The van der Waals surface area contributed by atoms with Crippen molar-refractivity contribution < 1.29 is 9.21 Å². The lowest BCUT2D eigenvalue weighted by Crippen LogP contribution is -2.60. The molecule has 1 unspecified atom stereocenters. The number of aromatic nitrogens is 1. The summed E-state index contributed by atoms with van der Waals surface area (Å²) < 4.78 is 5.38. The molecule has 1 aliphatic rings. The fraction of sp³-hybridized carbons (Fsp3) is 0.556. The molecule has 0 aromatic carbocycles. The molecule has 2 heterocycles. The Labute approximate surface area is 81.9 Å². The first-order valence-corrected chi connectivity index (χ1v) is 4.68. The highest BCUT2D eigenvalue weighted by molar-refractivity contribution is 5.87. The summed E-state index contributed by atoms with van der Waals surface area (Å²) in [5, 5.41) is 0. The van der Waals surface area contributed by atoms with Gasteiger partial charge in [0.05, 0.1) is 12.7 Å². The third kappa shape index (κ3) is 1.50. The molecular weight excluding hydrogens is 182 g/mol. The Bertz CT molecular complexity index is 348. The molecule has 1 aromatic heterocycles. The lowest BCUT2D eigenvalue weighted by molar-refractivity contribution is -0.143. The molecule has 0 aliphatic carbocycles. The number of nitrogens with two attached hydrogens (primary N) is 1. The van der Waals surface area contributed by atoms with Gasteiger partial charge in [-0.25, -0.2) is 4.98 Å². The van der Waals surface area contributed by atoms with Crippen molar-refractivity contribution in [2.24, 2.45) is 5.73 Å². The number of hydrogen-bond donors (Lipinski definition) is 1. The van der Waals surface area contributed by atoms with E-state index in [1.807, 2.05) is 6.92 Å². The Morgan fingerprint density at radius 3 is 3.07 bits per heavy atom. The van der Waals surface area contributed by atoms with Crippen LogP contribution in [0.15, 0.2) is 10.6 Å². The maximum Gasteiger partial charge on any atom is 0.241 e. The van der Waals surface area contributed by atoms with Crippen molar-refractivity contribution in [1.29, 1.82) is 0 Å². The molecule has 1 aliphatic heterocycles. The molecule has 2 rings (SSSR count). The molecule has 5 heteroatoms. The minimum absolute atomic E-state index is 0.0266. The first kappa shape index (κ1) is 9.21. The van der Waals surface area contributed by atoms with Crippen LogP contribution < -0.4 is 5.73 Å². The summed E-state index contributed by atoms with van der Waals surface area (Å²) in [6, 6.07) is -0.324. The van der Waals surface area contributed by atoms with Crippen LogP contribution in [-0.2, 0) is 17.8 Å². The molecule has 5 nitrogen and oxygen atoms in total. The summed E-state index contributed by atoms with van der Waals surface area (Å²) in [6.45, 7) is 3.03. The van der Waals surface area contributed by atoms with E-state index in [2.05, 4.69) is 4.98 Å². The number of hydrogen-bond acceptors (Lipinski definition) is 4. The average Bonchev–Trinajstić information content (AvgIpc) is 2.65. The second kappa shape index (κ2) is 3.42. The Hall–Kier alpha value is -1.36. The van der Waals surface area contributed by atoms with Crippen molar-refractivity contribution in [1.82, 2.24) is 9.88 Å². The van der Waals surface area contributed by atoms with E-state index in [1.165, 1.54) is 0 Å². The number of nitrogens with zero attached hydrogens (tertiary/aromatic N) is 2. The number of carbonyl (C=O) groups excluding carboxylic acids is 1. The van der Waals surface area contributed by atoms with Crippen LogP contribution in [0.2, 0.25) is 0 Å². The third-order valence-corrected chi connectivity index (χ3v) is 2.32. The van der Waals surface area contributed by atoms with Crippen molar-refractivity contribution in [2.75, 3.05) is 6.54 Å². The average molecular weight is 195 g/mol. The zero-order valence-electron chi connectivity index (χ0n) is 8.06. The second-order valence-corrected chi connectivity index (χ2v) is 3.40. The topological polar surface area (TPSA) is 72.4 Å². The van der Waals surface area contributed by atoms with Gasteiger partial charge in [0.2, 0.25) is 11.8 Å². The predicted molar refractivity (Wildman–Crippen MR) is 49.3 cm³/mol. The van der Waals surface area contributed by atoms with Gasteiger partial charge in [-0.05, 0) is 0 Å². The van der Waals surface area contributed by atoms with E-state index in [0.29, 0.717) is 19.0 Å². The molecular formula is C9H13N3O2. The predicted octanol–water partition coefficient (Wildman–Crippen LogP) is -0.0935. The van der Waals surface area contributed by atoms with Crippen molar-refractivity contribution >= 4 is 5.91 Å². The fourth-order valence-electron chi connectivity index (χ4n) is 1.42. The van der Waals surface area contributed by atoms with Gasteiger partial charge in [0, 0.05) is 13.0 Å². The van der Waals surface area contributed by atoms with Gasteiger partial charge < -0.3 is 15.1 Å². The van der Waals surface area contributed by atoms with Crippen LogP contribution in [0.3, 0.4) is 0 Å². The molecule has 0 radical (unpaired) electrons. The number of oxazole rings is 1. The Kier molecular flexibility index (Phi) is 2.25. The summed E-state index contributed by atoms with van der Waals surface area (Å²) in [6.07, 6.45) is 2.51. The van der Waals surface area contributed by atoms with Gasteiger partial charge in [0.1, 0.15) is 11.8 Å². The van der Waals surface area contributed by atoms with Crippen LogP contribution in [0.25, 0.3) is 0 Å². The standard InChI is InChI=1S/C9H13N3O2/c1-2-6-3-11-8(14-6)5-12-4-7(10)9(12)13/h3,7H,2,4-5,10H2,1H3. The number of aryl methyl sites for hydroxylation is 1. The minimum atomic E-state index is -0.324. The van der Waals surface area contributed by atoms with Gasteiger partial charge in [-0.3, -0.25) is 4.79 Å². The van der Waals surface area contributed by atoms with Gasteiger partial charge in [-0.15, -0.1) is 0 Å². The maximum absolute atomic E-state index is 11.2. The second-order valence-electron chi connectivity index (χ2n) is 3.40. The smallest absolute Gasteiger partial charge is 0.241 e. The first-order chi connectivity index (χ1) is 6.70. The lowest BCUT2D eigenvalue weighted by atomic mass is 10.1. The normalized spacial score (nSPS) is 21.1. The summed E-state index contributed by atoms with van der Waals surface area (Å²) in [5.41, 5.74) is 5.46. The molecule has 1 amide bonds. The van der Waals surface area contributed by atoms with Crippen LogP contribution in [-0.4, -0.2) is 28.4 Å². The molecule has 0 saturated carbocycles. The van der Waals surface area contributed by atoms with Crippen LogP contribution in [0.1, 0.15) is 18.6 Å². The SMILES string of the molecule is CCc1cnc(CN2CC(N)C2=O)o1. The number of β-lactam (4-membered cyclic amide) rings is 1. The number of carbonyl (C=O) groups is 1. The Morgan fingerprint density at radius 1 is 1.79 bits per heavy atom. The van der Waals surface area contributed by atoms with E-state index >= 15 is 0 Å². The number of likely N-dealkylation sites (tertiary alicyclic amines) is 1. The fourth-order valence-corrected chi connectivity index (χ4v) is 1.42. The van der Waals surface area contributed by atoms with Crippen LogP contribution in [0, 0.1) is 0 Å². The molecule has 0 spiro atoms. The molecule has 76 valence electrons. The third-order valence-electron chi connectivity index (χ3n) is 2.32. The number of amides is 1. The van der Waals surface area contributed by atoms with E-state index in [0.717, 1.165) is 12.2 Å². The van der Waals surface area contributed by atoms with E-state index in [-0.39, 0.29) is 11.9 Å². The number of rotatable bonds is 3.